The van der Waals surface area contributed by atoms with Gasteiger partial charge in [0.1, 0.15) is 0 Å². The smallest absolute Gasteiger partial charge is 0.309 e. The van der Waals surface area contributed by atoms with Gasteiger partial charge in [-0.1, -0.05) is 27.7 Å². The number of carboxylic acid groups (broad SMARTS) is 1. The van der Waals surface area contributed by atoms with E-state index in [1.165, 1.54) is 6.07 Å². The van der Waals surface area contributed by atoms with Crippen molar-refractivity contribution in [3.8, 4) is 11.5 Å². The molecule has 0 aromatic heterocycles. The lowest BCUT2D eigenvalue weighted by Crippen LogP contribution is -2.63. The van der Waals surface area contributed by atoms with Crippen LogP contribution in [0.4, 0.5) is 0 Å². The number of aliphatic carboxylic acids is 1. The average molecular weight is 483 g/mol. The van der Waals surface area contributed by atoms with Crippen molar-refractivity contribution in [1.82, 2.24) is 0 Å². The number of carboxylic acids is 1. The largest absolute Gasteiger partial charge is 0.504 e. The highest BCUT2D eigenvalue weighted by Crippen LogP contribution is 2.75. The van der Waals surface area contributed by atoms with Crippen LogP contribution in [0.3, 0.4) is 0 Å². The van der Waals surface area contributed by atoms with Crippen LogP contribution in [0.5, 0.6) is 11.5 Å². The Labute approximate surface area is 207 Å². The molecule has 0 aliphatic heterocycles. The molecule has 0 heterocycles. The molecule has 3 saturated carbocycles. The summed E-state index contributed by atoms with van der Waals surface area (Å²) >= 11 is 0. The second kappa shape index (κ2) is 6.83. The third kappa shape index (κ3) is 2.71. The number of Topliss-reactive ketones (excluding diaryl/α,β-unsaturated/α-hetero) is 1. The molecule has 6 atom stereocenters. The summed E-state index contributed by atoms with van der Waals surface area (Å²) in [5.41, 5.74) is -0.280. The number of phenols is 2. The van der Waals surface area contributed by atoms with Crippen LogP contribution >= 0.6 is 0 Å². The maximum absolute atomic E-state index is 13.6. The lowest BCUT2D eigenvalue weighted by molar-refractivity contribution is -0.177. The van der Waals surface area contributed by atoms with Gasteiger partial charge in [0.15, 0.2) is 17.3 Å². The lowest BCUT2D eigenvalue weighted by atomic mass is 9.34. The summed E-state index contributed by atoms with van der Waals surface area (Å²) in [6.45, 7) is 12.2. The molecule has 4 aliphatic carbocycles. The molecular formula is C29H38O6. The topological polar surface area (TPSA) is 115 Å². The lowest BCUT2D eigenvalue weighted by Gasteiger charge is -2.69. The fourth-order valence-corrected chi connectivity index (χ4v) is 8.87. The maximum atomic E-state index is 13.6. The third-order valence-corrected chi connectivity index (χ3v) is 11.5. The molecule has 5 rings (SSSR count). The Morgan fingerprint density at radius 2 is 1.57 bits per heavy atom. The van der Waals surface area contributed by atoms with Crippen LogP contribution in [0, 0.1) is 34.5 Å². The Kier molecular flexibility index (Phi) is 4.72. The van der Waals surface area contributed by atoms with E-state index >= 15 is 0 Å². The van der Waals surface area contributed by atoms with Gasteiger partial charge in [0.25, 0.3) is 0 Å². The van der Waals surface area contributed by atoms with Gasteiger partial charge in [0.05, 0.1) is 5.41 Å². The highest BCUT2D eigenvalue weighted by Gasteiger charge is 2.68. The summed E-state index contributed by atoms with van der Waals surface area (Å²) in [7, 11) is 0. The first-order chi connectivity index (χ1) is 16.1. The molecule has 0 unspecified atom stereocenters. The normalized spacial score (nSPS) is 42.6. The number of carbonyl (C=O) groups excluding carboxylic acids is 1. The number of aromatic hydroxyl groups is 2. The van der Waals surface area contributed by atoms with Gasteiger partial charge in [0, 0.05) is 16.5 Å². The zero-order chi connectivity index (χ0) is 25.9. The van der Waals surface area contributed by atoms with Gasteiger partial charge < -0.3 is 20.4 Å². The van der Waals surface area contributed by atoms with E-state index in [9.17, 15) is 30.0 Å². The second-order valence-electron chi connectivity index (χ2n) is 13.2. The van der Waals surface area contributed by atoms with Gasteiger partial charge in [-0.3, -0.25) is 9.59 Å². The van der Waals surface area contributed by atoms with Gasteiger partial charge in [-0.2, -0.15) is 0 Å². The van der Waals surface area contributed by atoms with Crippen LogP contribution < -0.4 is 0 Å². The number of benzene rings is 1. The fraction of sp³-hybridized carbons (Fsp3) is 0.655. The number of hydrogen-bond acceptors (Lipinski definition) is 5. The van der Waals surface area contributed by atoms with Crippen LogP contribution in [-0.2, 0) is 10.2 Å². The standard InChI is InChI=1S/C29H38O6/c1-15-19-16(13-17(30)20(15)31)27(4)10-12-28(5)18-14-26(3,24(34)35)8-7-25(18,2)9-11-29(28,6)23(27)22(33)21(19)32/h13,18,30-31,33H,7-12,14H2,1-6H3,(H,34,35)/t18-,25-,26-,27+,28+,29-/m1/s1. The molecule has 6 heteroatoms. The maximum Gasteiger partial charge on any atom is 0.309 e. The minimum absolute atomic E-state index is 0.0182. The molecule has 0 saturated heterocycles. The van der Waals surface area contributed by atoms with Crippen LogP contribution in [0.25, 0.3) is 0 Å². The summed E-state index contributed by atoms with van der Waals surface area (Å²) in [4.78, 5) is 25.8. The summed E-state index contributed by atoms with van der Waals surface area (Å²) < 4.78 is 0. The Balaban J connectivity index is 1.72. The Hall–Kier alpha value is -2.50. The van der Waals surface area contributed by atoms with Gasteiger partial charge in [0.2, 0.25) is 5.78 Å². The number of phenolic OH excluding ortho intramolecular Hbond substituents is 2. The minimum Gasteiger partial charge on any atom is -0.504 e. The predicted octanol–water partition coefficient (Wildman–Crippen LogP) is 6.17. The van der Waals surface area contributed by atoms with Crippen molar-refractivity contribution < 1.29 is 30.0 Å². The third-order valence-electron chi connectivity index (χ3n) is 11.5. The van der Waals surface area contributed by atoms with Gasteiger partial charge in [-0.15, -0.1) is 0 Å². The van der Waals surface area contributed by atoms with E-state index < -0.39 is 28.0 Å². The average Bonchev–Trinajstić information content (AvgIpc) is 2.78. The van der Waals surface area contributed by atoms with Gasteiger partial charge in [-0.25, -0.2) is 0 Å². The second-order valence-corrected chi connectivity index (χ2v) is 13.2. The Morgan fingerprint density at radius 1 is 0.943 bits per heavy atom. The summed E-state index contributed by atoms with van der Waals surface area (Å²) in [6, 6.07) is 1.50. The molecule has 0 amide bonds. The number of aliphatic hydroxyl groups excluding tert-OH is 1. The zero-order valence-corrected chi connectivity index (χ0v) is 21.7. The molecule has 0 radical (unpaired) electrons. The highest BCUT2D eigenvalue weighted by molar-refractivity contribution is 6.12. The molecule has 0 bridgehead atoms. The van der Waals surface area contributed by atoms with Gasteiger partial charge in [-0.05, 0) is 98.2 Å². The van der Waals surface area contributed by atoms with Gasteiger partial charge >= 0.3 is 5.97 Å². The molecular weight excluding hydrogens is 444 g/mol. The van der Waals surface area contributed by atoms with Crippen molar-refractivity contribution in [2.24, 2.45) is 27.6 Å². The molecule has 0 spiro atoms. The number of allylic oxidation sites excluding steroid dienone is 2. The SMILES string of the molecule is Cc1c(O)c(O)cc2c1C(=O)C(O)=C1[C@@]2(C)CC[C@@]2(C)[C@@H]3C[C@](C)(C(=O)O)CC[C@]3(C)CC[C@]12C. The molecule has 35 heavy (non-hydrogen) atoms. The van der Waals surface area contributed by atoms with E-state index in [-0.39, 0.29) is 45.1 Å². The van der Waals surface area contributed by atoms with Crippen molar-refractivity contribution in [1.29, 1.82) is 0 Å². The van der Waals surface area contributed by atoms with Crippen LogP contribution in [0.15, 0.2) is 17.4 Å². The first-order valence-electron chi connectivity index (χ1n) is 12.8. The number of carbonyl (C=O) groups is 2. The summed E-state index contributed by atoms with van der Waals surface area (Å²) in [5, 5.41) is 42.4. The van der Waals surface area contributed by atoms with Crippen LogP contribution in [0.2, 0.25) is 0 Å². The molecule has 190 valence electrons. The molecule has 1 aromatic carbocycles. The molecule has 1 aromatic rings. The molecule has 4 aliphatic rings. The highest BCUT2D eigenvalue weighted by atomic mass is 16.4. The predicted molar refractivity (Wildman–Crippen MR) is 132 cm³/mol. The zero-order valence-electron chi connectivity index (χ0n) is 21.7. The molecule has 4 N–H and O–H groups in total. The van der Waals surface area contributed by atoms with E-state index in [1.807, 2.05) is 13.8 Å². The van der Waals surface area contributed by atoms with E-state index in [0.717, 1.165) is 31.3 Å². The van der Waals surface area contributed by atoms with Crippen LogP contribution in [0.1, 0.15) is 101 Å². The number of rotatable bonds is 1. The Bertz CT molecular complexity index is 1210. The summed E-state index contributed by atoms with van der Waals surface area (Å²) in [5.74, 6) is -1.92. The molecule has 6 nitrogen and oxygen atoms in total. The first-order valence-corrected chi connectivity index (χ1v) is 12.8. The van der Waals surface area contributed by atoms with Crippen molar-refractivity contribution in [3.63, 3.8) is 0 Å². The fourth-order valence-electron chi connectivity index (χ4n) is 8.87. The van der Waals surface area contributed by atoms with Crippen LogP contribution in [-0.4, -0.2) is 32.2 Å². The Morgan fingerprint density at radius 3 is 2.20 bits per heavy atom. The van der Waals surface area contributed by atoms with E-state index in [4.69, 9.17) is 0 Å². The van der Waals surface area contributed by atoms with E-state index in [2.05, 4.69) is 20.8 Å². The van der Waals surface area contributed by atoms with Crippen molar-refractivity contribution in [2.75, 3.05) is 0 Å². The quantitative estimate of drug-likeness (QED) is 0.356. The number of ketones is 1. The number of aliphatic hydroxyl groups is 1. The van der Waals surface area contributed by atoms with Crippen molar-refractivity contribution >= 4 is 11.8 Å². The minimum atomic E-state index is -0.780. The van der Waals surface area contributed by atoms with E-state index in [1.54, 1.807) is 6.92 Å². The first kappa shape index (κ1) is 24.2. The van der Waals surface area contributed by atoms with Crippen molar-refractivity contribution in [3.05, 3.63) is 34.1 Å². The van der Waals surface area contributed by atoms with Crippen molar-refractivity contribution in [2.45, 2.75) is 91.9 Å². The number of hydrogen-bond donors (Lipinski definition) is 4. The monoisotopic (exact) mass is 482 g/mol. The summed E-state index contributed by atoms with van der Waals surface area (Å²) in [6.07, 6.45) is 5.33. The number of fused-ring (bicyclic) bond motifs is 7. The van der Waals surface area contributed by atoms with E-state index in [0.29, 0.717) is 24.8 Å². The molecule has 3 fully saturated rings.